The smallest absolute Gasteiger partial charge is 0.242 e. The summed E-state index contributed by atoms with van der Waals surface area (Å²) >= 11 is 0. The van der Waals surface area contributed by atoms with Crippen LogP contribution in [0.1, 0.15) is 12.6 Å². The lowest BCUT2D eigenvalue weighted by Crippen LogP contribution is -2.59. The van der Waals surface area contributed by atoms with Crippen LogP contribution in [-0.2, 0) is 16.1 Å². The molecule has 2 aromatic rings. The van der Waals surface area contributed by atoms with Gasteiger partial charge in [-0.05, 0) is 19.1 Å². The molecule has 4 rings (SSSR count). The number of aromatic nitrogens is 2. The van der Waals surface area contributed by atoms with Crippen LogP contribution in [0.15, 0.2) is 30.6 Å². The van der Waals surface area contributed by atoms with E-state index in [1.165, 1.54) is 0 Å². The van der Waals surface area contributed by atoms with Gasteiger partial charge in [0.1, 0.15) is 11.7 Å². The number of nitrogens with one attached hydrogen (secondary N) is 1. The number of fused-ring (bicyclic) bond motifs is 1. The Labute approximate surface area is 147 Å². The first kappa shape index (κ1) is 16.5. The van der Waals surface area contributed by atoms with Crippen LogP contribution in [0.25, 0.3) is 5.65 Å². The van der Waals surface area contributed by atoms with Gasteiger partial charge in [0, 0.05) is 51.7 Å². The number of morpholine rings is 1. The summed E-state index contributed by atoms with van der Waals surface area (Å²) in [6, 6.07) is 5.81. The van der Waals surface area contributed by atoms with Gasteiger partial charge in [0.2, 0.25) is 5.91 Å². The number of hydrogen-bond donors (Lipinski definition) is 1. The maximum absolute atomic E-state index is 12.7. The van der Waals surface area contributed by atoms with Crippen molar-refractivity contribution in [1.29, 1.82) is 0 Å². The lowest BCUT2D eigenvalue weighted by atomic mass is 10.1. The van der Waals surface area contributed by atoms with Gasteiger partial charge in [0.15, 0.2) is 0 Å². The van der Waals surface area contributed by atoms with E-state index < -0.39 is 0 Å². The summed E-state index contributed by atoms with van der Waals surface area (Å²) in [5.74, 6) is 0.166. The number of imidazole rings is 1. The third kappa shape index (κ3) is 3.53. The van der Waals surface area contributed by atoms with Crippen LogP contribution in [0.5, 0.6) is 0 Å². The maximum atomic E-state index is 12.7. The van der Waals surface area contributed by atoms with Gasteiger partial charge in [0.25, 0.3) is 0 Å². The first-order valence-corrected chi connectivity index (χ1v) is 8.99. The third-order valence-electron chi connectivity index (χ3n) is 5.07. The molecule has 1 N–H and O–H groups in total. The van der Waals surface area contributed by atoms with Gasteiger partial charge in [-0.25, -0.2) is 4.98 Å². The minimum absolute atomic E-state index is 0.0581. The van der Waals surface area contributed by atoms with Gasteiger partial charge >= 0.3 is 0 Å². The molecule has 4 heterocycles. The second-order valence-electron chi connectivity index (χ2n) is 6.81. The molecule has 0 aromatic carbocycles. The van der Waals surface area contributed by atoms with E-state index in [1.54, 1.807) is 0 Å². The number of pyridine rings is 1. The Hall–Kier alpha value is -1.96. The molecule has 2 aromatic heterocycles. The molecule has 25 heavy (non-hydrogen) atoms. The van der Waals surface area contributed by atoms with E-state index in [0.29, 0.717) is 6.61 Å². The number of hydrogen-bond acceptors (Lipinski definition) is 5. The van der Waals surface area contributed by atoms with Gasteiger partial charge in [-0.1, -0.05) is 6.07 Å². The average molecular weight is 343 g/mol. The maximum Gasteiger partial charge on any atom is 0.242 e. The monoisotopic (exact) mass is 343 g/mol. The largest absolute Gasteiger partial charge is 0.375 e. The van der Waals surface area contributed by atoms with Crippen LogP contribution >= 0.6 is 0 Å². The minimum Gasteiger partial charge on any atom is -0.375 e. The Kier molecular flexibility index (Phi) is 4.70. The van der Waals surface area contributed by atoms with Crippen molar-refractivity contribution in [2.75, 3.05) is 39.3 Å². The molecule has 134 valence electrons. The Bertz CT molecular complexity index is 705. The number of ether oxygens (including phenoxy) is 1. The summed E-state index contributed by atoms with van der Waals surface area (Å²) in [6.07, 6.45) is 4.04. The number of piperazine rings is 1. The number of carbonyl (C=O) groups is 1. The standard InChI is InChI=1S/C18H25N5O2/c1-14-17(19-5-11-25-14)18(24)22-9-7-21(8-10-22)12-15-13-23-6-3-2-4-16(23)20-15/h2-4,6,13-14,17,19H,5,7-12H2,1H3/t14-,17+/m1/s1. The van der Waals surface area contributed by atoms with Crippen LogP contribution in [0.2, 0.25) is 0 Å². The Balaban J connectivity index is 1.32. The van der Waals surface area contributed by atoms with Crippen LogP contribution in [0.4, 0.5) is 0 Å². The highest BCUT2D eigenvalue weighted by atomic mass is 16.5. The van der Waals surface area contributed by atoms with Crippen molar-refractivity contribution in [3.05, 3.63) is 36.3 Å². The molecule has 2 fully saturated rings. The fourth-order valence-corrected chi connectivity index (χ4v) is 3.63. The minimum atomic E-state index is -0.210. The molecule has 0 bridgehead atoms. The summed E-state index contributed by atoms with van der Waals surface area (Å²) in [4.78, 5) is 21.7. The predicted molar refractivity (Wildman–Crippen MR) is 94.3 cm³/mol. The van der Waals surface area contributed by atoms with Crippen molar-refractivity contribution >= 4 is 11.6 Å². The molecule has 7 nitrogen and oxygen atoms in total. The van der Waals surface area contributed by atoms with Crippen molar-refractivity contribution < 1.29 is 9.53 Å². The number of nitrogens with zero attached hydrogens (tertiary/aromatic N) is 4. The topological polar surface area (TPSA) is 62.1 Å². The summed E-state index contributed by atoms with van der Waals surface area (Å²) in [7, 11) is 0. The van der Waals surface area contributed by atoms with Gasteiger partial charge in [-0.3, -0.25) is 9.69 Å². The molecule has 0 radical (unpaired) electrons. The SMILES string of the molecule is C[C@H]1OCCN[C@@H]1C(=O)N1CCN(Cc2cn3ccccc3n2)CC1. The third-order valence-corrected chi connectivity index (χ3v) is 5.07. The van der Waals surface area contributed by atoms with E-state index >= 15 is 0 Å². The zero-order valence-corrected chi connectivity index (χ0v) is 14.6. The molecule has 0 unspecified atom stereocenters. The fraction of sp³-hybridized carbons (Fsp3) is 0.556. The van der Waals surface area contributed by atoms with Gasteiger partial charge in [-0.2, -0.15) is 0 Å². The molecule has 0 spiro atoms. The van der Waals surface area contributed by atoms with Crippen molar-refractivity contribution in [3.8, 4) is 0 Å². The first-order valence-electron chi connectivity index (χ1n) is 8.99. The lowest BCUT2D eigenvalue weighted by molar-refractivity contribution is -0.141. The second-order valence-corrected chi connectivity index (χ2v) is 6.81. The van der Waals surface area contributed by atoms with Gasteiger partial charge in [0.05, 0.1) is 18.4 Å². The summed E-state index contributed by atoms with van der Waals surface area (Å²) < 4.78 is 7.65. The van der Waals surface area contributed by atoms with Gasteiger partial charge in [-0.15, -0.1) is 0 Å². The van der Waals surface area contributed by atoms with E-state index in [9.17, 15) is 4.79 Å². The van der Waals surface area contributed by atoms with Crippen LogP contribution in [-0.4, -0.2) is 76.6 Å². The number of carbonyl (C=O) groups excluding carboxylic acids is 1. The molecular weight excluding hydrogens is 318 g/mol. The summed E-state index contributed by atoms with van der Waals surface area (Å²) in [6.45, 7) is 7.49. The molecule has 2 atom stereocenters. The van der Waals surface area contributed by atoms with Gasteiger partial charge < -0.3 is 19.4 Å². The quantitative estimate of drug-likeness (QED) is 0.872. The highest BCUT2D eigenvalue weighted by Crippen LogP contribution is 2.13. The van der Waals surface area contributed by atoms with E-state index in [4.69, 9.17) is 4.74 Å². The highest BCUT2D eigenvalue weighted by Gasteiger charge is 2.33. The van der Waals surface area contributed by atoms with E-state index in [2.05, 4.69) is 21.4 Å². The zero-order valence-electron chi connectivity index (χ0n) is 14.6. The zero-order chi connectivity index (χ0) is 17.2. The molecule has 2 aliphatic heterocycles. The van der Waals surface area contributed by atoms with E-state index in [0.717, 1.165) is 50.6 Å². The molecular formula is C18H25N5O2. The Morgan fingerprint density at radius 1 is 1.32 bits per heavy atom. The lowest BCUT2D eigenvalue weighted by Gasteiger charge is -2.38. The number of rotatable bonds is 3. The Morgan fingerprint density at radius 3 is 2.92 bits per heavy atom. The molecule has 2 saturated heterocycles. The number of amides is 1. The normalized spacial score (nSPS) is 25.4. The van der Waals surface area contributed by atoms with Crippen LogP contribution in [0, 0.1) is 0 Å². The van der Waals surface area contributed by atoms with Crippen molar-refractivity contribution in [2.45, 2.75) is 25.6 Å². The van der Waals surface area contributed by atoms with Crippen molar-refractivity contribution in [3.63, 3.8) is 0 Å². The van der Waals surface area contributed by atoms with Crippen molar-refractivity contribution in [1.82, 2.24) is 24.5 Å². The molecule has 1 amide bonds. The van der Waals surface area contributed by atoms with Crippen molar-refractivity contribution in [2.24, 2.45) is 0 Å². The van der Waals surface area contributed by atoms with Crippen LogP contribution < -0.4 is 5.32 Å². The summed E-state index contributed by atoms with van der Waals surface area (Å²) in [5.41, 5.74) is 2.05. The van der Waals surface area contributed by atoms with E-state index in [-0.39, 0.29) is 18.1 Å². The molecule has 2 aliphatic rings. The molecule has 0 aliphatic carbocycles. The fourth-order valence-electron chi connectivity index (χ4n) is 3.63. The Morgan fingerprint density at radius 2 is 2.16 bits per heavy atom. The first-order chi connectivity index (χ1) is 12.2. The summed E-state index contributed by atoms with van der Waals surface area (Å²) in [5, 5.41) is 3.29. The molecule has 7 heteroatoms. The van der Waals surface area contributed by atoms with Crippen LogP contribution in [0.3, 0.4) is 0 Å². The molecule has 0 saturated carbocycles. The van der Waals surface area contributed by atoms with E-state index in [1.807, 2.05) is 40.6 Å². The average Bonchev–Trinajstić information content (AvgIpc) is 3.04. The predicted octanol–water partition coefficient (Wildman–Crippen LogP) is 0.355. The highest BCUT2D eigenvalue weighted by molar-refractivity contribution is 5.82. The second kappa shape index (κ2) is 7.11.